The molecule has 4 N–H and O–H groups in total. The zero-order chi connectivity index (χ0) is 26.0. The van der Waals surface area contributed by atoms with E-state index in [0.29, 0.717) is 37.5 Å². The molecule has 1 aromatic rings. The van der Waals surface area contributed by atoms with Crippen LogP contribution in [0.25, 0.3) is 0 Å². The fourth-order valence-corrected chi connectivity index (χ4v) is 3.67. The van der Waals surface area contributed by atoms with E-state index in [0.717, 1.165) is 4.47 Å². The second kappa shape index (κ2) is 13.4. The Bertz CT molecular complexity index is 955. The normalized spacial score (nSPS) is 14.9. The first-order valence-electron chi connectivity index (χ1n) is 11.6. The summed E-state index contributed by atoms with van der Waals surface area (Å²) in [6.07, 6.45) is 5.52. The maximum Gasteiger partial charge on any atom is 0.251 e. The molecule has 1 atom stereocenters. The molecule has 10 heteroatoms. The number of nitrogens with one attached hydrogen (secondary N) is 3. The molecule has 2 amide bonds. The van der Waals surface area contributed by atoms with Gasteiger partial charge in [-0.05, 0) is 66.7 Å². The first-order chi connectivity index (χ1) is 16.5. The second-order valence-electron chi connectivity index (χ2n) is 9.09. The Kier molecular flexibility index (Phi) is 10.9. The van der Waals surface area contributed by atoms with Crippen molar-refractivity contribution in [2.24, 2.45) is 5.92 Å². The van der Waals surface area contributed by atoms with Crippen molar-refractivity contribution in [1.29, 1.82) is 5.41 Å². The van der Waals surface area contributed by atoms with E-state index in [1.807, 2.05) is 32.0 Å². The molecule has 0 spiro atoms. The molecule has 1 aliphatic rings. The van der Waals surface area contributed by atoms with Gasteiger partial charge in [0.1, 0.15) is 23.4 Å². The molecule has 0 fully saturated rings. The number of nitrogens with zero attached hydrogens (tertiary/aromatic N) is 1. The standard InChI is InChI=1S/C25H35BrN4O5/c1-17(2)14-20(24(32)29-22(27)10-12-28-11-7-13-34-25(3,4)33)30-16-18(15-23(30)31)35-21-9-6-5-8-19(21)26/h5-6,8-10,12,15,17,20,28,33H,7,11,13-14,16H2,1-4H3,(H2,27,29,32)/b12-10-/t20-/m0/s1. The van der Waals surface area contributed by atoms with Crippen LogP contribution in [-0.4, -0.2) is 59.2 Å². The fraction of sp³-hybridized carbons (Fsp3) is 0.480. The number of benzene rings is 1. The highest BCUT2D eigenvalue weighted by Gasteiger charge is 2.35. The molecule has 1 aromatic carbocycles. The number of carbonyl (C=O) groups is 2. The molecular weight excluding hydrogens is 516 g/mol. The summed E-state index contributed by atoms with van der Waals surface area (Å²) in [6, 6.07) is 6.60. The third-order valence-electron chi connectivity index (χ3n) is 4.89. The van der Waals surface area contributed by atoms with Gasteiger partial charge >= 0.3 is 0 Å². The molecule has 0 aromatic heterocycles. The molecule has 0 bridgehead atoms. The Hall–Kier alpha value is -2.69. The van der Waals surface area contributed by atoms with Crippen LogP contribution in [0.2, 0.25) is 0 Å². The van der Waals surface area contributed by atoms with E-state index in [1.54, 1.807) is 26.1 Å². The van der Waals surface area contributed by atoms with E-state index in [2.05, 4.69) is 26.6 Å². The van der Waals surface area contributed by atoms with Crippen molar-refractivity contribution in [3.63, 3.8) is 0 Å². The number of amides is 2. The predicted octanol–water partition coefficient (Wildman–Crippen LogP) is 3.30. The van der Waals surface area contributed by atoms with Crippen molar-refractivity contribution in [2.75, 3.05) is 19.7 Å². The van der Waals surface area contributed by atoms with E-state index < -0.39 is 17.7 Å². The SMILES string of the molecule is CC(C)C[C@@H](C(=O)NC(=N)/C=C\NCCCOC(C)(C)O)N1CC(Oc2ccccc2Br)=CC1=O. The molecule has 1 heterocycles. The highest BCUT2D eigenvalue weighted by Crippen LogP contribution is 2.28. The summed E-state index contributed by atoms with van der Waals surface area (Å²) in [7, 11) is 0. The number of para-hydroxylation sites is 1. The minimum Gasteiger partial charge on any atom is -0.458 e. The van der Waals surface area contributed by atoms with Crippen molar-refractivity contribution < 1.29 is 24.2 Å². The zero-order valence-electron chi connectivity index (χ0n) is 20.6. The molecule has 0 unspecified atom stereocenters. The van der Waals surface area contributed by atoms with Gasteiger partial charge in [0.15, 0.2) is 5.79 Å². The summed E-state index contributed by atoms with van der Waals surface area (Å²) < 4.78 is 11.9. The Morgan fingerprint density at radius 2 is 2.06 bits per heavy atom. The lowest BCUT2D eigenvalue weighted by Gasteiger charge is -2.28. The van der Waals surface area contributed by atoms with Crippen molar-refractivity contribution in [3.8, 4) is 5.75 Å². The van der Waals surface area contributed by atoms with Crippen LogP contribution in [0.15, 0.2) is 52.8 Å². The van der Waals surface area contributed by atoms with Crippen LogP contribution >= 0.6 is 15.9 Å². The van der Waals surface area contributed by atoms with Gasteiger partial charge in [-0.2, -0.15) is 0 Å². The first kappa shape index (κ1) is 28.5. The number of amidine groups is 1. The van der Waals surface area contributed by atoms with Gasteiger partial charge in [-0.1, -0.05) is 26.0 Å². The molecule has 192 valence electrons. The lowest BCUT2D eigenvalue weighted by Crippen LogP contribution is -2.49. The number of ether oxygens (including phenoxy) is 2. The Labute approximate surface area is 215 Å². The first-order valence-corrected chi connectivity index (χ1v) is 12.3. The third kappa shape index (κ3) is 10.2. The lowest BCUT2D eigenvalue weighted by molar-refractivity contribution is -0.175. The minimum absolute atomic E-state index is 0.0895. The van der Waals surface area contributed by atoms with E-state index in [1.165, 1.54) is 17.1 Å². The monoisotopic (exact) mass is 550 g/mol. The molecule has 2 rings (SSSR count). The Morgan fingerprint density at radius 1 is 1.34 bits per heavy atom. The number of hydrogen-bond donors (Lipinski definition) is 4. The van der Waals surface area contributed by atoms with Crippen LogP contribution < -0.4 is 15.4 Å². The number of aliphatic hydroxyl groups is 1. The summed E-state index contributed by atoms with van der Waals surface area (Å²) >= 11 is 3.43. The van der Waals surface area contributed by atoms with Crippen LogP contribution in [0.1, 0.15) is 40.5 Å². The van der Waals surface area contributed by atoms with Crippen molar-refractivity contribution in [1.82, 2.24) is 15.5 Å². The third-order valence-corrected chi connectivity index (χ3v) is 5.55. The summed E-state index contributed by atoms with van der Waals surface area (Å²) in [6.45, 7) is 8.23. The van der Waals surface area contributed by atoms with Gasteiger partial charge in [0.2, 0.25) is 5.91 Å². The molecule has 0 radical (unpaired) electrons. The molecule has 1 aliphatic heterocycles. The van der Waals surface area contributed by atoms with Gasteiger partial charge in [0.25, 0.3) is 5.91 Å². The van der Waals surface area contributed by atoms with Gasteiger partial charge in [-0.15, -0.1) is 0 Å². The summed E-state index contributed by atoms with van der Waals surface area (Å²) in [5.74, 6) is -0.773. The van der Waals surface area contributed by atoms with Crippen LogP contribution in [0.3, 0.4) is 0 Å². The van der Waals surface area contributed by atoms with Gasteiger partial charge in [-0.3, -0.25) is 15.0 Å². The van der Waals surface area contributed by atoms with Crippen molar-refractivity contribution >= 4 is 33.6 Å². The van der Waals surface area contributed by atoms with E-state index in [4.69, 9.17) is 14.9 Å². The number of hydrogen-bond acceptors (Lipinski definition) is 7. The topological polar surface area (TPSA) is 124 Å². The van der Waals surface area contributed by atoms with E-state index >= 15 is 0 Å². The highest BCUT2D eigenvalue weighted by atomic mass is 79.9. The van der Waals surface area contributed by atoms with E-state index in [9.17, 15) is 14.7 Å². The maximum absolute atomic E-state index is 13.0. The van der Waals surface area contributed by atoms with Gasteiger partial charge in [0.05, 0.1) is 17.6 Å². The summed E-state index contributed by atoms with van der Waals surface area (Å²) in [4.78, 5) is 27.2. The van der Waals surface area contributed by atoms with Crippen molar-refractivity contribution in [2.45, 2.75) is 52.4 Å². The Morgan fingerprint density at radius 3 is 2.71 bits per heavy atom. The quantitative estimate of drug-likeness (QED) is 0.129. The maximum atomic E-state index is 13.0. The molecule has 0 saturated carbocycles. The fourth-order valence-electron chi connectivity index (χ4n) is 3.31. The van der Waals surface area contributed by atoms with Crippen LogP contribution in [0, 0.1) is 11.3 Å². The summed E-state index contributed by atoms with van der Waals surface area (Å²) in [5, 5.41) is 23.1. The van der Waals surface area contributed by atoms with Crippen LogP contribution in [0.4, 0.5) is 0 Å². The minimum atomic E-state index is -1.16. The van der Waals surface area contributed by atoms with E-state index in [-0.39, 0.29) is 24.2 Å². The van der Waals surface area contributed by atoms with Gasteiger partial charge in [-0.25, -0.2) is 0 Å². The lowest BCUT2D eigenvalue weighted by atomic mass is 10.0. The molecule has 9 nitrogen and oxygen atoms in total. The van der Waals surface area contributed by atoms with Gasteiger partial charge in [0, 0.05) is 18.8 Å². The van der Waals surface area contributed by atoms with Crippen molar-refractivity contribution in [3.05, 3.63) is 52.8 Å². The largest absolute Gasteiger partial charge is 0.458 e. The number of halogens is 1. The molecule has 0 aliphatic carbocycles. The van der Waals surface area contributed by atoms with Gasteiger partial charge < -0.3 is 30.1 Å². The molecule has 0 saturated heterocycles. The number of carbonyl (C=O) groups excluding carboxylic acids is 2. The number of rotatable bonds is 13. The second-order valence-corrected chi connectivity index (χ2v) is 9.95. The predicted molar refractivity (Wildman–Crippen MR) is 138 cm³/mol. The Balaban J connectivity index is 1.89. The smallest absolute Gasteiger partial charge is 0.251 e. The van der Waals surface area contributed by atoms with Crippen LogP contribution in [-0.2, 0) is 14.3 Å². The highest BCUT2D eigenvalue weighted by molar-refractivity contribution is 9.10. The average molecular weight is 551 g/mol. The summed E-state index contributed by atoms with van der Waals surface area (Å²) in [5.41, 5.74) is 0. The molecule has 35 heavy (non-hydrogen) atoms. The average Bonchev–Trinajstić information content (AvgIpc) is 3.11. The zero-order valence-corrected chi connectivity index (χ0v) is 22.2. The van der Waals surface area contributed by atoms with Crippen LogP contribution in [0.5, 0.6) is 5.75 Å². The molecular formula is C25H35BrN4O5.